The van der Waals surface area contributed by atoms with E-state index in [0.717, 1.165) is 0 Å². The number of rotatable bonds is 3. The fourth-order valence-corrected chi connectivity index (χ4v) is 3.49. The summed E-state index contributed by atoms with van der Waals surface area (Å²) in [7, 11) is -9.05. The van der Waals surface area contributed by atoms with Crippen molar-refractivity contribution in [2.45, 2.75) is 31.2 Å². The van der Waals surface area contributed by atoms with Gasteiger partial charge in [-0.3, -0.25) is 0 Å². The van der Waals surface area contributed by atoms with E-state index in [0.29, 0.717) is 12.8 Å². The first-order valence-corrected chi connectivity index (χ1v) is 8.69. The number of allylic oxidation sites excluding steroid dienone is 2. The summed E-state index contributed by atoms with van der Waals surface area (Å²) < 4.78 is 62.5. The van der Waals surface area contributed by atoms with Crippen molar-refractivity contribution in [3.63, 3.8) is 0 Å². The lowest BCUT2D eigenvalue weighted by Crippen LogP contribution is -2.33. The van der Waals surface area contributed by atoms with E-state index in [1.54, 1.807) is 0 Å². The Kier molecular flexibility index (Phi) is 4.22. The highest BCUT2D eigenvalue weighted by Crippen LogP contribution is 2.35. The molecule has 0 saturated heterocycles. The number of halogens is 3. The first-order chi connectivity index (χ1) is 7.95. The molecule has 0 aromatic heterocycles. The Hall–Kier alpha value is -0.503. The Morgan fingerprint density at radius 1 is 1.11 bits per heavy atom. The van der Waals surface area contributed by atoms with Gasteiger partial charge in [-0.2, -0.15) is 21.6 Å². The quantitative estimate of drug-likeness (QED) is 0.456. The van der Waals surface area contributed by atoms with Gasteiger partial charge in [0.2, 0.25) is 0 Å². The Labute approximate surface area is 106 Å². The molecule has 0 amide bonds. The Morgan fingerprint density at radius 3 is 2.06 bits per heavy atom. The molecule has 0 aromatic carbocycles. The van der Waals surface area contributed by atoms with Gasteiger partial charge in [0.05, 0.1) is 8.07 Å². The van der Waals surface area contributed by atoms with Gasteiger partial charge in [0.25, 0.3) is 0 Å². The van der Waals surface area contributed by atoms with Gasteiger partial charge in [0.1, 0.15) is 5.76 Å². The van der Waals surface area contributed by atoms with Gasteiger partial charge in [-0.05, 0) is 44.1 Å². The van der Waals surface area contributed by atoms with Crippen molar-refractivity contribution in [2.75, 3.05) is 0 Å². The third-order valence-electron chi connectivity index (χ3n) is 2.43. The molecular weight excluding hydrogens is 285 g/mol. The Morgan fingerprint density at radius 2 is 1.61 bits per heavy atom. The molecule has 6 radical (unpaired) electrons. The second-order valence-electron chi connectivity index (χ2n) is 4.03. The zero-order valence-corrected chi connectivity index (χ0v) is 11.1. The van der Waals surface area contributed by atoms with Crippen LogP contribution in [0.15, 0.2) is 11.0 Å². The van der Waals surface area contributed by atoms with Crippen LogP contribution < -0.4 is 0 Å². The summed E-state index contributed by atoms with van der Waals surface area (Å²) in [6.45, 7) is 16.5. The molecule has 1 aliphatic rings. The van der Waals surface area contributed by atoms with E-state index in [1.165, 1.54) is 0 Å². The fourth-order valence-electron chi connectivity index (χ4n) is 1.61. The van der Waals surface area contributed by atoms with Crippen LogP contribution in [0.2, 0.25) is 0 Å². The average molecular weight is 296 g/mol. The molecule has 0 aliphatic heterocycles. The number of hydrogen-bond donors (Lipinski definition) is 0. The van der Waals surface area contributed by atoms with Crippen molar-refractivity contribution in [2.24, 2.45) is 0 Å². The van der Waals surface area contributed by atoms with Crippen LogP contribution in [-0.2, 0) is 14.3 Å². The van der Waals surface area contributed by atoms with Crippen molar-refractivity contribution < 1.29 is 25.8 Å². The van der Waals surface area contributed by atoms with E-state index in [2.05, 4.69) is 4.18 Å². The molecule has 0 unspecified atom stereocenters. The molecule has 0 heterocycles. The smallest absolute Gasteiger partial charge is 0.381 e. The van der Waals surface area contributed by atoms with Crippen molar-refractivity contribution in [1.29, 1.82) is 0 Å². The topological polar surface area (TPSA) is 43.4 Å². The van der Waals surface area contributed by atoms with Crippen molar-refractivity contribution in [3.05, 3.63) is 30.6 Å². The minimum absolute atomic E-state index is 0.0327. The van der Waals surface area contributed by atoms with Crippen molar-refractivity contribution in [1.82, 2.24) is 0 Å². The van der Waals surface area contributed by atoms with Crippen molar-refractivity contribution in [3.8, 4) is 0 Å². The molecule has 0 aromatic rings. The first kappa shape index (κ1) is 15.6. The van der Waals surface area contributed by atoms with Crippen LogP contribution >= 0.6 is 0 Å². The minimum Gasteiger partial charge on any atom is -0.381 e. The molecule has 18 heavy (non-hydrogen) atoms. The summed E-state index contributed by atoms with van der Waals surface area (Å²) in [4.78, 5) is 0. The lowest BCUT2D eigenvalue weighted by molar-refractivity contribution is -0.0524. The summed E-state index contributed by atoms with van der Waals surface area (Å²) in [5, 5.41) is 0.126. The van der Waals surface area contributed by atoms with Crippen LogP contribution in [0.25, 0.3) is 0 Å². The molecular formula is C10H11F3O3SSi. The zero-order chi connectivity index (χ0) is 14.2. The maximum absolute atomic E-state index is 12.2. The largest absolute Gasteiger partial charge is 0.534 e. The lowest BCUT2D eigenvalue weighted by Gasteiger charge is -2.27. The maximum Gasteiger partial charge on any atom is 0.534 e. The summed E-state index contributed by atoms with van der Waals surface area (Å²) in [6, 6.07) is 0. The third kappa shape index (κ3) is 3.50. The molecule has 0 bridgehead atoms. The lowest BCUT2D eigenvalue weighted by atomic mass is 10.1. The van der Waals surface area contributed by atoms with Gasteiger partial charge < -0.3 is 4.18 Å². The van der Waals surface area contributed by atoms with Crippen LogP contribution in [0.1, 0.15) is 25.7 Å². The normalized spacial score (nSPS) is 19.0. The van der Waals surface area contributed by atoms with E-state index >= 15 is 0 Å². The molecule has 8 heteroatoms. The molecule has 0 spiro atoms. The predicted molar refractivity (Wildman–Crippen MR) is 60.2 cm³/mol. The molecule has 0 atom stereocenters. The molecule has 0 fully saturated rings. The zero-order valence-electron chi connectivity index (χ0n) is 9.33. The summed E-state index contributed by atoms with van der Waals surface area (Å²) >= 11 is 0. The molecule has 100 valence electrons. The highest BCUT2D eigenvalue weighted by molar-refractivity contribution is 7.87. The van der Waals surface area contributed by atoms with E-state index in [1.807, 2.05) is 0 Å². The van der Waals surface area contributed by atoms with Crippen LogP contribution in [0.3, 0.4) is 0 Å². The van der Waals surface area contributed by atoms with Crippen LogP contribution in [0.4, 0.5) is 13.2 Å². The summed E-state index contributed by atoms with van der Waals surface area (Å²) in [6.07, 6.45) is 1.43. The molecule has 1 rings (SSSR count). The first-order valence-electron chi connectivity index (χ1n) is 5.05. The highest BCUT2D eigenvalue weighted by Gasteiger charge is 2.49. The van der Waals surface area contributed by atoms with Gasteiger partial charge >= 0.3 is 15.6 Å². The Bertz CT molecular complexity index is 446. The van der Waals surface area contributed by atoms with Gasteiger partial charge in [0.15, 0.2) is 0 Å². The number of hydrogen-bond acceptors (Lipinski definition) is 3. The average Bonchev–Trinajstić information content (AvgIpc) is 2.14. The van der Waals surface area contributed by atoms with Gasteiger partial charge in [-0.1, -0.05) is 0 Å². The second-order valence-corrected chi connectivity index (χ2v) is 8.03. The maximum atomic E-state index is 12.2. The van der Waals surface area contributed by atoms with Gasteiger partial charge in [-0.15, -0.1) is 0 Å². The monoisotopic (exact) mass is 296 g/mol. The molecule has 0 N–H and O–H groups in total. The molecule has 3 nitrogen and oxygen atoms in total. The fraction of sp³-hybridized carbons (Fsp3) is 0.500. The van der Waals surface area contributed by atoms with E-state index in [9.17, 15) is 21.6 Å². The third-order valence-corrected chi connectivity index (χ3v) is 5.00. The molecule has 0 saturated carbocycles. The summed E-state index contributed by atoms with van der Waals surface area (Å²) in [5.74, 6) is -0.349. The highest BCUT2D eigenvalue weighted by atomic mass is 32.2. The predicted octanol–water partition coefficient (Wildman–Crippen LogP) is 2.42. The SMILES string of the molecule is [CH][Si]([CH])([CH])C1=C(OS(=O)(=O)C(F)(F)F)CCCC1. The van der Waals surface area contributed by atoms with E-state index < -0.39 is 23.7 Å². The van der Waals surface area contributed by atoms with Gasteiger partial charge in [0, 0.05) is 6.42 Å². The van der Waals surface area contributed by atoms with Crippen LogP contribution in [0, 0.1) is 19.6 Å². The Balaban J connectivity index is 3.11. The van der Waals surface area contributed by atoms with Gasteiger partial charge in [-0.25, -0.2) is 0 Å². The van der Waals surface area contributed by atoms with Crippen LogP contribution in [-0.4, -0.2) is 22.0 Å². The molecule has 1 aliphatic carbocycles. The number of alkyl halides is 3. The van der Waals surface area contributed by atoms with Crippen molar-refractivity contribution >= 4 is 18.2 Å². The van der Waals surface area contributed by atoms with E-state index in [-0.39, 0.29) is 23.8 Å². The van der Waals surface area contributed by atoms with Crippen LogP contribution in [0.5, 0.6) is 0 Å². The second kappa shape index (κ2) is 4.88. The van der Waals surface area contributed by atoms with E-state index in [4.69, 9.17) is 19.6 Å². The standard InChI is InChI=1S/C10H11F3O3SSi/c1-18(2,3)9-7-5-4-6-8(9)16-17(14,15)10(11,12)13/h1-3H,4-7H2. The minimum atomic E-state index is -5.69. The summed E-state index contributed by atoms with van der Waals surface area (Å²) in [5.41, 5.74) is -5.48.